The summed E-state index contributed by atoms with van der Waals surface area (Å²) in [5.41, 5.74) is 1.66. The van der Waals surface area contributed by atoms with Crippen LogP contribution in [-0.4, -0.2) is 49.1 Å². The van der Waals surface area contributed by atoms with Crippen LogP contribution >= 0.6 is 39.9 Å². The largest absolute Gasteiger partial charge is 0.357 e. The number of benzene rings is 1. The second-order valence-electron chi connectivity index (χ2n) is 8.03. The van der Waals surface area contributed by atoms with Gasteiger partial charge in [-0.15, -0.1) is 24.0 Å². The molecule has 1 saturated heterocycles. The molecule has 27 heavy (non-hydrogen) atoms. The summed E-state index contributed by atoms with van der Waals surface area (Å²) in [6.45, 7) is 10.8. The monoisotopic (exact) mass is 548 g/mol. The Morgan fingerprint density at radius 1 is 1.30 bits per heavy atom. The lowest BCUT2D eigenvalue weighted by Gasteiger charge is -2.35. The molecular formula is C21H34BrIN4. The van der Waals surface area contributed by atoms with Crippen molar-refractivity contribution in [2.24, 2.45) is 4.99 Å². The van der Waals surface area contributed by atoms with E-state index in [0.29, 0.717) is 12.1 Å². The highest BCUT2D eigenvalue weighted by molar-refractivity contribution is 14.0. The molecule has 1 aromatic carbocycles. The van der Waals surface area contributed by atoms with Crippen LogP contribution in [0.15, 0.2) is 33.7 Å². The van der Waals surface area contributed by atoms with Crippen molar-refractivity contribution in [3.8, 4) is 0 Å². The first-order valence-electron chi connectivity index (χ1n) is 10.1. The van der Waals surface area contributed by atoms with E-state index in [2.05, 4.69) is 76.5 Å². The van der Waals surface area contributed by atoms with Gasteiger partial charge in [-0.2, -0.15) is 0 Å². The Bertz CT molecular complexity index is 622. The van der Waals surface area contributed by atoms with Crippen LogP contribution in [0.25, 0.3) is 0 Å². The predicted molar refractivity (Wildman–Crippen MR) is 129 cm³/mol. The second kappa shape index (κ2) is 10.4. The number of hydrogen-bond donors (Lipinski definition) is 2. The molecule has 6 heteroatoms. The summed E-state index contributed by atoms with van der Waals surface area (Å²) in [4.78, 5) is 7.53. The molecule has 4 nitrogen and oxygen atoms in total. The van der Waals surface area contributed by atoms with Gasteiger partial charge in [-0.25, -0.2) is 0 Å². The first-order chi connectivity index (χ1) is 12.5. The van der Waals surface area contributed by atoms with Gasteiger partial charge in [0.2, 0.25) is 0 Å². The fraction of sp³-hybridized carbons (Fsp3) is 0.667. The van der Waals surface area contributed by atoms with E-state index in [1.165, 1.54) is 44.3 Å². The minimum atomic E-state index is 0. The number of guanidine groups is 1. The summed E-state index contributed by atoms with van der Waals surface area (Å²) in [5, 5.41) is 7.13. The molecule has 0 atom stereocenters. The van der Waals surface area contributed by atoms with Crippen LogP contribution in [0.5, 0.6) is 0 Å². The predicted octanol–water partition coefficient (Wildman–Crippen LogP) is 4.53. The standard InChI is InChI=1S/C21H33BrN4.HI/c1-4-23-20(25-19-8-12-26(13-9-19)16(2)3)24-15-21(10-11-21)17-6-5-7-18(22)14-17;/h5-7,14,16,19H,4,8-13,15H2,1-3H3,(H2,23,24,25);1H. The van der Waals surface area contributed by atoms with Gasteiger partial charge >= 0.3 is 0 Å². The van der Waals surface area contributed by atoms with Crippen LogP contribution in [0.4, 0.5) is 0 Å². The maximum atomic E-state index is 4.97. The number of nitrogens with one attached hydrogen (secondary N) is 2. The third kappa shape index (κ3) is 6.32. The summed E-state index contributed by atoms with van der Waals surface area (Å²) in [7, 11) is 0. The second-order valence-corrected chi connectivity index (χ2v) is 8.95. The van der Waals surface area contributed by atoms with Crippen molar-refractivity contribution >= 4 is 45.9 Å². The quantitative estimate of drug-likeness (QED) is 0.312. The minimum Gasteiger partial charge on any atom is -0.357 e. The van der Waals surface area contributed by atoms with Gasteiger partial charge in [0.25, 0.3) is 0 Å². The number of likely N-dealkylation sites (tertiary alicyclic amines) is 1. The highest BCUT2D eigenvalue weighted by atomic mass is 127. The van der Waals surface area contributed by atoms with E-state index in [4.69, 9.17) is 4.99 Å². The topological polar surface area (TPSA) is 39.7 Å². The van der Waals surface area contributed by atoms with Gasteiger partial charge in [-0.05, 0) is 64.2 Å². The summed E-state index contributed by atoms with van der Waals surface area (Å²) in [5.74, 6) is 0.983. The van der Waals surface area contributed by atoms with Crippen molar-refractivity contribution in [1.29, 1.82) is 0 Å². The van der Waals surface area contributed by atoms with Crippen LogP contribution < -0.4 is 10.6 Å². The van der Waals surface area contributed by atoms with Crippen molar-refractivity contribution in [1.82, 2.24) is 15.5 Å². The molecule has 152 valence electrons. The molecule has 2 aliphatic rings. The van der Waals surface area contributed by atoms with Crippen molar-refractivity contribution in [3.63, 3.8) is 0 Å². The summed E-state index contributed by atoms with van der Waals surface area (Å²) in [6.07, 6.45) is 4.86. The van der Waals surface area contributed by atoms with Gasteiger partial charge < -0.3 is 15.5 Å². The first-order valence-corrected chi connectivity index (χ1v) is 10.9. The van der Waals surface area contributed by atoms with Crippen molar-refractivity contribution in [2.45, 2.75) is 64.0 Å². The normalized spacial score (nSPS) is 20.3. The lowest BCUT2D eigenvalue weighted by molar-refractivity contribution is 0.167. The van der Waals surface area contributed by atoms with Crippen molar-refractivity contribution < 1.29 is 0 Å². The van der Waals surface area contributed by atoms with Crippen LogP contribution in [0.2, 0.25) is 0 Å². The molecule has 1 aliphatic heterocycles. The zero-order valence-corrected chi connectivity index (χ0v) is 20.7. The molecule has 0 aromatic heterocycles. The molecular weight excluding hydrogens is 515 g/mol. The molecule has 1 aromatic rings. The SMILES string of the molecule is CCNC(=NCC1(c2cccc(Br)c2)CC1)NC1CCN(C(C)C)CC1.I. The number of rotatable bonds is 6. The van der Waals surface area contributed by atoms with Gasteiger partial charge in [0.15, 0.2) is 5.96 Å². The Morgan fingerprint density at radius 2 is 2.00 bits per heavy atom. The van der Waals surface area contributed by atoms with Gasteiger partial charge in [0.05, 0.1) is 6.54 Å². The highest BCUT2D eigenvalue weighted by Crippen LogP contribution is 2.48. The first kappa shape index (κ1) is 22.9. The molecule has 0 spiro atoms. The molecule has 0 bridgehead atoms. The highest BCUT2D eigenvalue weighted by Gasteiger charge is 2.44. The molecule has 1 aliphatic carbocycles. The Hall–Kier alpha value is -0.340. The third-order valence-corrected chi connectivity index (χ3v) is 6.27. The molecule has 2 N–H and O–H groups in total. The van der Waals surface area contributed by atoms with Crippen LogP contribution in [0.3, 0.4) is 0 Å². The lowest BCUT2D eigenvalue weighted by atomic mass is 9.96. The zero-order chi connectivity index (χ0) is 18.6. The number of piperidine rings is 1. The van der Waals surface area contributed by atoms with Crippen molar-refractivity contribution in [2.75, 3.05) is 26.2 Å². The Balaban J connectivity index is 0.00000261. The number of nitrogens with zero attached hydrogens (tertiary/aromatic N) is 2. The Morgan fingerprint density at radius 3 is 2.56 bits per heavy atom. The summed E-state index contributed by atoms with van der Waals surface area (Å²) >= 11 is 3.60. The number of aliphatic imine (C=N–C) groups is 1. The van der Waals surface area contributed by atoms with Crippen LogP contribution in [0, 0.1) is 0 Å². The average molecular weight is 549 g/mol. The minimum absolute atomic E-state index is 0. The number of halogens is 2. The molecule has 0 unspecified atom stereocenters. The molecule has 2 fully saturated rings. The lowest BCUT2D eigenvalue weighted by Crippen LogP contribution is -2.50. The van der Waals surface area contributed by atoms with E-state index in [9.17, 15) is 0 Å². The Kier molecular flexibility index (Phi) is 8.87. The maximum Gasteiger partial charge on any atom is 0.191 e. The third-order valence-electron chi connectivity index (χ3n) is 5.78. The molecule has 0 amide bonds. The van der Waals surface area contributed by atoms with E-state index in [1.807, 2.05) is 0 Å². The zero-order valence-electron chi connectivity index (χ0n) is 16.8. The van der Waals surface area contributed by atoms with E-state index >= 15 is 0 Å². The van der Waals surface area contributed by atoms with Crippen LogP contribution in [-0.2, 0) is 5.41 Å². The molecule has 1 heterocycles. The molecule has 1 saturated carbocycles. The van der Waals surface area contributed by atoms with Crippen molar-refractivity contribution in [3.05, 3.63) is 34.3 Å². The van der Waals surface area contributed by atoms with E-state index in [1.54, 1.807) is 0 Å². The summed E-state index contributed by atoms with van der Waals surface area (Å²) < 4.78 is 1.16. The maximum absolute atomic E-state index is 4.97. The van der Waals surface area contributed by atoms with E-state index in [0.717, 1.165) is 23.5 Å². The summed E-state index contributed by atoms with van der Waals surface area (Å²) in [6, 6.07) is 9.91. The molecule has 0 radical (unpaired) electrons. The van der Waals surface area contributed by atoms with Gasteiger partial charge in [-0.3, -0.25) is 4.99 Å². The van der Waals surface area contributed by atoms with Gasteiger partial charge in [0, 0.05) is 41.6 Å². The van der Waals surface area contributed by atoms with Gasteiger partial charge in [0.1, 0.15) is 0 Å². The number of hydrogen-bond acceptors (Lipinski definition) is 2. The fourth-order valence-electron chi connectivity index (χ4n) is 3.81. The Labute approximate surface area is 190 Å². The van der Waals surface area contributed by atoms with Gasteiger partial charge in [-0.1, -0.05) is 28.1 Å². The fourth-order valence-corrected chi connectivity index (χ4v) is 4.21. The smallest absolute Gasteiger partial charge is 0.191 e. The average Bonchev–Trinajstić information content (AvgIpc) is 3.42. The molecule has 3 rings (SSSR count). The van der Waals surface area contributed by atoms with E-state index in [-0.39, 0.29) is 29.4 Å². The van der Waals surface area contributed by atoms with E-state index < -0.39 is 0 Å². The van der Waals surface area contributed by atoms with Crippen LogP contribution in [0.1, 0.15) is 52.0 Å².